The Morgan fingerprint density at radius 1 is 1.33 bits per heavy atom. The van der Waals surface area contributed by atoms with E-state index in [9.17, 15) is 0 Å². The van der Waals surface area contributed by atoms with Crippen LogP contribution in [0.1, 0.15) is 12.5 Å². The van der Waals surface area contributed by atoms with Gasteiger partial charge in [-0.2, -0.15) is 0 Å². The second kappa shape index (κ2) is 6.67. The van der Waals surface area contributed by atoms with Gasteiger partial charge in [-0.3, -0.25) is 0 Å². The highest BCUT2D eigenvalue weighted by Crippen LogP contribution is 2.22. The van der Waals surface area contributed by atoms with Gasteiger partial charge in [-0.05, 0) is 25.1 Å². The molecule has 0 aromatic heterocycles. The first-order chi connectivity index (χ1) is 7.27. The lowest BCUT2D eigenvalue weighted by atomic mass is 10.2. The molecule has 0 radical (unpaired) electrons. The zero-order chi connectivity index (χ0) is 11.1. The first-order valence-electron chi connectivity index (χ1n) is 4.97. The number of hydrogen-bond acceptors (Lipinski definition) is 3. The fourth-order valence-corrected chi connectivity index (χ4v) is 1.40. The Balaban J connectivity index is 2.52. The van der Waals surface area contributed by atoms with Crippen LogP contribution in [0.4, 0.5) is 0 Å². The highest BCUT2D eigenvalue weighted by Gasteiger charge is 2.02. The van der Waals surface area contributed by atoms with Gasteiger partial charge in [-0.1, -0.05) is 11.6 Å². The third-order valence-electron chi connectivity index (χ3n) is 1.93. The molecule has 4 heteroatoms. The number of halogens is 1. The summed E-state index contributed by atoms with van der Waals surface area (Å²) < 4.78 is 10.7. The van der Waals surface area contributed by atoms with Crippen molar-refractivity contribution in [2.24, 2.45) is 5.73 Å². The third-order valence-corrected chi connectivity index (χ3v) is 2.17. The van der Waals surface area contributed by atoms with E-state index in [0.29, 0.717) is 31.4 Å². The van der Waals surface area contributed by atoms with Crippen molar-refractivity contribution in [1.82, 2.24) is 0 Å². The SMILES string of the molecule is CCOCCOc1ccc(Cl)cc1CN. The fraction of sp³-hybridized carbons (Fsp3) is 0.455. The van der Waals surface area contributed by atoms with Crippen LogP contribution in [0, 0.1) is 0 Å². The molecule has 84 valence electrons. The van der Waals surface area contributed by atoms with Gasteiger partial charge in [0.15, 0.2) is 0 Å². The lowest BCUT2D eigenvalue weighted by Crippen LogP contribution is -2.08. The van der Waals surface area contributed by atoms with Crippen LogP contribution in [0.15, 0.2) is 18.2 Å². The maximum atomic E-state index is 5.84. The van der Waals surface area contributed by atoms with Crippen molar-refractivity contribution < 1.29 is 9.47 Å². The smallest absolute Gasteiger partial charge is 0.124 e. The molecular formula is C11H16ClNO2. The highest BCUT2D eigenvalue weighted by molar-refractivity contribution is 6.30. The molecular weight excluding hydrogens is 214 g/mol. The van der Waals surface area contributed by atoms with E-state index >= 15 is 0 Å². The second-order valence-corrected chi connectivity index (χ2v) is 3.44. The van der Waals surface area contributed by atoms with Crippen LogP contribution >= 0.6 is 11.6 Å². The lowest BCUT2D eigenvalue weighted by molar-refractivity contribution is 0.110. The van der Waals surface area contributed by atoms with Gasteiger partial charge < -0.3 is 15.2 Å². The Labute approximate surface area is 95.1 Å². The van der Waals surface area contributed by atoms with Gasteiger partial charge >= 0.3 is 0 Å². The minimum absolute atomic E-state index is 0.421. The molecule has 3 nitrogen and oxygen atoms in total. The van der Waals surface area contributed by atoms with Gasteiger partial charge in [0.25, 0.3) is 0 Å². The Morgan fingerprint density at radius 2 is 2.13 bits per heavy atom. The van der Waals surface area contributed by atoms with Crippen LogP contribution in [-0.2, 0) is 11.3 Å². The summed E-state index contributed by atoms with van der Waals surface area (Å²) in [4.78, 5) is 0. The van der Waals surface area contributed by atoms with Gasteiger partial charge in [0.05, 0.1) is 6.61 Å². The average molecular weight is 230 g/mol. The van der Waals surface area contributed by atoms with Gasteiger partial charge in [0.1, 0.15) is 12.4 Å². The third kappa shape index (κ3) is 4.08. The maximum Gasteiger partial charge on any atom is 0.124 e. The summed E-state index contributed by atoms with van der Waals surface area (Å²) in [6, 6.07) is 5.44. The van der Waals surface area contributed by atoms with Gasteiger partial charge in [-0.15, -0.1) is 0 Å². The lowest BCUT2D eigenvalue weighted by Gasteiger charge is -2.10. The molecule has 0 saturated heterocycles. The number of rotatable bonds is 6. The van der Waals surface area contributed by atoms with Crippen LogP contribution in [0.5, 0.6) is 5.75 Å². The van der Waals surface area contributed by atoms with Crippen LogP contribution < -0.4 is 10.5 Å². The molecule has 0 saturated carbocycles. The van der Waals surface area contributed by atoms with E-state index < -0.39 is 0 Å². The molecule has 0 spiro atoms. The summed E-state index contributed by atoms with van der Waals surface area (Å²) >= 11 is 5.84. The van der Waals surface area contributed by atoms with Gasteiger partial charge in [0, 0.05) is 23.7 Å². The minimum Gasteiger partial charge on any atom is -0.491 e. The van der Waals surface area contributed by atoms with Crippen LogP contribution in [0.25, 0.3) is 0 Å². The molecule has 0 amide bonds. The fourth-order valence-electron chi connectivity index (χ4n) is 1.20. The van der Waals surface area contributed by atoms with Crippen molar-refractivity contribution in [3.05, 3.63) is 28.8 Å². The quantitative estimate of drug-likeness (QED) is 0.761. The molecule has 15 heavy (non-hydrogen) atoms. The van der Waals surface area contributed by atoms with Crippen LogP contribution in [-0.4, -0.2) is 19.8 Å². The van der Waals surface area contributed by atoms with Crippen LogP contribution in [0.3, 0.4) is 0 Å². The van der Waals surface area contributed by atoms with E-state index in [1.807, 2.05) is 19.1 Å². The highest BCUT2D eigenvalue weighted by atomic mass is 35.5. The predicted molar refractivity (Wildman–Crippen MR) is 61.3 cm³/mol. The van der Waals surface area contributed by atoms with E-state index in [1.54, 1.807) is 6.07 Å². The predicted octanol–water partition coefficient (Wildman–Crippen LogP) is 2.21. The Kier molecular flexibility index (Phi) is 5.47. The molecule has 0 aliphatic carbocycles. The summed E-state index contributed by atoms with van der Waals surface area (Å²) in [5, 5.41) is 0.674. The topological polar surface area (TPSA) is 44.5 Å². The minimum atomic E-state index is 0.421. The summed E-state index contributed by atoms with van der Waals surface area (Å²) in [5.41, 5.74) is 6.50. The normalized spacial score (nSPS) is 10.3. The van der Waals surface area contributed by atoms with E-state index in [4.69, 9.17) is 26.8 Å². The summed E-state index contributed by atoms with van der Waals surface area (Å²) in [7, 11) is 0. The molecule has 1 aromatic rings. The second-order valence-electron chi connectivity index (χ2n) is 3.00. The van der Waals surface area contributed by atoms with Crippen molar-refractivity contribution in [2.75, 3.05) is 19.8 Å². The summed E-state index contributed by atoms with van der Waals surface area (Å²) in [5.74, 6) is 0.779. The van der Waals surface area contributed by atoms with Crippen molar-refractivity contribution in [2.45, 2.75) is 13.5 Å². The van der Waals surface area contributed by atoms with Crippen molar-refractivity contribution in [3.8, 4) is 5.75 Å². The van der Waals surface area contributed by atoms with Crippen LogP contribution in [0.2, 0.25) is 5.02 Å². The number of nitrogens with two attached hydrogens (primary N) is 1. The van der Waals surface area contributed by atoms with Gasteiger partial charge in [0.2, 0.25) is 0 Å². The molecule has 1 rings (SSSR count). The summed E-state index contributed by atoms with van der Waals surface area (Å²) in [6.07, 6.45) is 0. The Morgan fingerprint density at radius 3 is 2.80 bits per heavy atom. The zero-order valence-corrected chi connectivity index (χ0v) is 9.59. The number of hydrogen-bond donors (Lipinski definition) is 1. The van der Waals surface area contributed by atoms with Crippen molar-refractivity contribution in [3.63, 3.8) is 0 Å². The van der Waals surface area contributed by atoms with E-state index in [2.05, 4.69) is 0 Å². The largest absolute Gasteiger partial charge is 0.491 e. The molecule has 0 unspecified atom stereocenters. The number of benzene rings is 1. The van der Waals surface area contributed by atoms with E-state index in [0.717, 1.165) is 11.3 Å². The Bertz CT molecular complexity index is 305. The first-order valence-corrected chi connectivity index (χ1v) is 5.34. The number of ether oxygens (including phenoxy) is 2. The molecule has 0 bridgehead atoms. The molecule has 0 aliphatic heterocycles. The molecule has 0 aliphatic rings. The molecule has 0 atom stereocenters. The monoisotopic (exact) mass is 229 g/mol. The maximum absolute atomic E-state index is 5.84. The first kappa shape index (κ1) is 12.3. The zero-order valence-electron chi connectivity index (χ0n) is 8.83. The van der Waals surface area contributed by atoms with Crippen molar-refractivity contribution >= 4 is 11.6 Å². The molecule has 1 aromatic carbocycles. The Hall–Kier alpha value is -0.770. The van der Waals surface area contributed by atoms with Gasteiger partial charge in [-0.25, -0.2) is 0 Å². The standard InChI is InChI=1S/C11H16ClNO2/c1-2-14-5-6-15-11-4-3-10(12)7-9(11)8-13/h3-4,7H,2,5-6,8,13H2,1H3. The van der Waals surface area contributed by atoms with E-state index in [1.165, 1.54) is 0 Å². The van der Waals surface area contributed by atoms with Crippen molar-refractivity contribution in [1.29, 1.82) is 0 Å². The molecule has 0 fully saturated rings. The molecule has 2 N–H and O–H groups in total. The van der Waals surface area contributed by atoms with E-state index in [-0.39, 0.29) is 0 Å². The summed E-state index contributed by atoms with van der Waals surface area (Å²) in [6.45, 7) is 4.19. The molecule has 0 heterocycles. The average Bonchev–Trinajstić information content (AvgIpc) is 2.26.